The zero-order valence-electron chi connectivity index (χ0n) is 14.7. The highest BCUT2D eigenvalue weighted by molar-refractivity contribution is 5.75. The summed E-state index contributed by atoms with van der Waals surface area (Å²) < 4.78 is 5.39. The lowest BCUT2D eigenvalue weighted by Gasteiger charge is -2.33. The fourth-order valence-electron chi connectivity index (χ4n) is 3.01. The minimum absolute atomic E-state index is 0.0147. The maximum Gasteiger partial charge on any atom is 0.410 e. The fraction of sp³-hybridized carbons (Fsp3) is 0.875. The molecule has 0 bridgehead atoms. The number of hydrogen-bond donors (Lipinski definition) is 1. The van der Waals surface area contributed by atoms with Crippen molar-refractivity contribution in [2.75, 3.05) is 33.2 Å². The lowest BCUT2D eigenvalue weighted by atomic mass is 10.1. The van der Waals surface area contributed by atoms with Gasteiger partial charge in [-0.15, -0.1) is 0 Å². The van der Waals surface area contributed by atoms with Crippen LogP contribution < -0.4 is 5.73 Å². The molecule has 3 amide bonds. The van der Waals surface area contributed by atoms with Crippen LogP contribution in [0.2, 0.25) is 0 Å². The summed E-state index contributed by atoms with van der Waals surface area (Å²) in [5.74, 6) is 0. The maximum atomic E-state index is 12.6. The van der Waals surface area contributed by atoms with Crippen LogP contribution in [0.4, 0.5) is 9.59 Å². The number of amides is 3. The van der Waals surface area contributed by atoms with Gasteiger partial charge in [-0.1, -0.05) is 0 Å². The second-order valence-electron chi connectivity index (χ2n) is 7.59. The number of ether oxygens (including phenoxy) is 1. The Bertz CT molecular complexity index is 441. The zero-order valence-corrected chi connectivity index (χ0v) is 14.7. The summed E-state index contributed by atoms with van der Waals surface area (Å²) in [6.45, 7) is 8.25. The monoisotopic (exact) mass is 326 g/mol. The first-order valence-electron chi connectivity index (χ1n) is 8.42. The van der Waals surface area contributed by atoms with Gasteiger partial charge in [0.25, 0.3) is 0 Å². The van der Waals surface area contributed by atoms with Crippen LogP contribution in [-0.4, -0.2) is 77.7 Å². The Labute approximate surface area is 138 Å². The summed E-state index contributed by atoms with van der Waals surface area (Å²) in [6.07, 6.45) is 2.18. The molecule has 2 aliphatic rings. The van der Waals surface area contributed by atoms with Crippen LogP contribution in [0.25, 0.3) is 0 Å². The molecule has 2 saturated heterocycles. The quantitative estimate of drug-likeness (QED) is 0.791. The van der Waals surface area contributed by atoms with Gasteiger partial charge < -0.3 is 25.2 Å². The van der Waals surface area contributed by atoms with Crippen molar-refractivity contribution in [3.63, 3.8) is 0 Å². The smallest absolute Gasteiger partial charge is 0.410 e. The van der Waals surface area contributed by atoms with Gasteiger partial charge in [0.2, 0.25) is 0 Å². The molecule has 1 atom stereocenters. The molecule has 2 N–H and O–H groups in total. The van der Waals surface area contributed by atoms with Crippen LogP contribution in [0.5, 0.6) is 0 Å². The first kappa shape index (κ1) is 17.8. The molecule has 2 heterocycles. The van der Waals surface area contributed by atoms with Crippen molar-refractivity contribution in [3.05, 3.63) is 0 Å². The SMILES string of the molecule is CN(C(=O)OC(C)(C)C)C1CCN(C(=O)N2CCC(N)CC2)C1. The molecule has 7 heteroatoms. The van der Waals surface area contributed by atoms with E-state index in [9.17, 15) is 9.59 Å². The molecule has 23 heavy (non-hydrogen) atoms. The van der Waals surface area contributed by atoms with Crippen LogP contribution in [0.1, 0.15) is 40.0 Å². The van der Waals surface area contributed by atoms with Crippen LogP contribution in [0.3, 0.4) is 0 Å². The summed E-state index contributed by atoms with van der Waals surface area (Å²) in [7, 11) is 1.74. The van der Waals surface area contributed by atoms with Crippen molar-refractivity contribution in [1.29, 1.82) is 0 Å². The molecule has 2 aliphatic heterocycles. The molecule has 7 nitrogen and oxygen atoms in total. The van der Waals surface area contributed by atoms with Crippen molar-refractivity contribution in [2.24, 2.45) is 5.73 Å². The van der Waals surface area contributed by atoms with Crippen molar-refractivity contribution < 1.29 is 14.3 Å². The predicted molar refractivity (Wildman–Crippen MR) is 88.2 cm³/mol. The predicted octanol–water partition coefficient (Wildman–Crippen LogP) is 1.47. The third-order valence-electron chi connectivity index (χ3n) is 4.47. The molecule has 1 unspecified atom stereocenters. The van der Waals surface area contributed by atoms with Crippen molar-refractivity contribution in [1.82, 2.24) is 14.7 Å². The first-order valence-corrected chi connectivity index (χ1v) is 8.42. The Hall–Kier alpha value is -1.50. The molecule has 0 spiro atoms. The van der Waals surface area contributed by atoms with E-state index >= 15 is 0 Å². The second-order valence-corrected chi connectivity index (χ2v) is 7.59. The number of carbonyl (C=O) groups is 2. The summed E-state index contributed by atoms with van der Waals surface area (Å²) >= 11 is 0. The molecular formula is C16H30N4O3. The second kappa shape index (κ2) is 6.95. The van der Waals surface area contributed by atoms with Crippen LogP contribution in [0.15, 0.2) is 0 Å². The van der Waals surface area contributed by atoms with E-state index in [2.05, 4.69) is 0 Å². The minimum atomic E-state index is -0.508. The van der Waals surface area contributed by atoms with E-state index in [1.807, 2.05) is 30.6 Å². The third kappa shape index (κ3) is 4.73. The Balaban J connectivity index is 1.85. The van der Waals surface area contributed by atoms with Gasteiger partial charge >= 0.3 is 12.1 Å². The lowest BCUT2D eigenvalue weighted by Crippen LogP contribution is -2.49. The average Bonchev–Trinajstić information content (AvgIpc) is 2.94. The Morgan fingerprint density at radius 3 is 2.22 bits per heavy atom. The summed E-state index contributed by atoms with van der Waals surface area (Å²) in [4.78, 5) is 30.0. The third-order valence-corrected chi connectivity index (χ3v) is 4.47. The van der Waals surface area contributed by atoms with E-state index in [-0.39, 0.29) is 24.2 Å². The Morgan fingerprint density at radius 1 is 1.09 bits per heavy atom. The van der Waals surface area contributed by atoms with E-state index < -0.39 is 5.60 Å². The van der Waals surface area contributed by atoms with Gasteiger partial charge in [-0.3, -0.25) is 0 Å². The summed E-state index contributed by atoms with van der Waals surface area (Å²) in [6, 6.07) is 0.293. The number of nitrogens with zero attached hydrogens (tertiary/aromatic N) is 3. The molecule has 0 aliphatic carbocycles. The average molecular weight is 326 g/mol. The van der Waals surface area contributed by atoms with Gasteiger partial charge in [0, 0.05) is 39.3 Å². The molecule has 132 valence electrons. The number of carbonyl (C=O) groups excluding carboxylic acids is 2. The van der Waals surface area contributed by atoms with E-state index in [1.165, 1.54) is 0 Å². The topological polar surface area (TPSA) is 79.1 Å². The lowest BCUT2D eigenvalue weighted by molar-refractivity contribution is 0.0228. The largest absolute Gasteiger partial charge is 0.444 e. The summed E-state index contributed by atoms with van der Waals surface area (Å²) in [5.41, 5.74) is 5.38. The van der Waals surface area contributed by atoms with Gasteiger partial charge in [0.1, 0.15) is 5.60 Å². The molecule has 0 saturated carbocycles. The fourth-order valence-corrected chi connectivity index (χ4v) is 3.01. The number of nitrogens with two attached hydrogens (primary N) is 1. The number of rotatable bonds is 1. The zero-order chi connectivity index (χ0) is 17.2. The van der Waals surface area contributed by atoms with E-state index in [0.29, 0.717) is 13.1 Å². The van der Waals surface area contributed by atoms with Crippen LogP contribution in [-0.2, 0) is 4.74 Å². The number of likely N-dealkylation sites (N-methyl/N-ethyl adjacent to an activating group) is 1. The van der Waals surface area contributed by atoms with E-state index in [0.717, 1.165) is 32.4 Å². The molecule has 0 aromatic heterocycles. The van der Waals surface area contributed by atoms with Gasteiger partial charge in [-0.25, -0.2) is 9.59 Å². The maximum absolute atomic E-state index is 12.6. The molecule has 2 fully saturated rings. The Morgan fingerprint density at radius 2 is 1.65 bits per heavy atom. The minimum Gasteiger partial charge on any atom is -0.444 e. The Kier molecular flexibility index (Phi) is 5.39. The highest BCUT2D eigenvalue weighted by atomic mass is 16.6. The number of likely N-dealkylation sites (tertiary alicyclic amines) is 2. The molecular weight excluding hydrogens is 296 g/mol. The molecule has 0 aromatic carbocycles. The van der Waals surface area contributed by atoms with Gasteiger partial charge in [0.05, 0.1) is 6.04 Å². The molecule has 0 radical (unpaired) electrons. The van der Waals surface area contributed by atoms with Crippen molar-refractivity contribution >= 4 is 12.1 Å². The summed E-state index contributed by atoms with van der Waals surface area (Å²) in [5, 5.41) is 0. The molecule has 2 rings (SSSR count). The highest BCUT2D eigenvalue weighted by Gasteiger charge is 2.35. The van der Waals surface area contributed by atoms with Gasteiger partial charge in [-0.05, 0) is 40.0 Å². The van der Waals surface area contributed by atoms with Crippen LogP contribution >= 0.6 is 0 Å². The normalized spacial score (nSPS) is 23.1. The van der Waals surface area contributed by atoms with Crippen molar-refractivity contribution in [3.8, 4) is 0 Å². The van der Waals surface area contributed by atoms with E-state index in [1.54, 1.807) is 11.9 Å². The van der Waals surface area contributed by atoms with E-state index in [4.69, 9.17) is 10.5 Å². The number of piperidine rings is 1. The number of hydrogen-bond acceptors (Lipinski definition) is 4. The molecule has 0 aromatic rings. The van der Waals surface area contributed by atoms with Crippen LogP contribution in [0, 0.1) is 0 Å². The van der Waals surface area contributed by atoms with Gasteiger partial charge in [0.15, 0.2) is 0 Å². The number of urea groups is 1. The van der Waals surface area contributed by atoms with Crippen molar-refractivity contribution in [2.45, 2.75) is 57.7 Å². The first-order chi connectivity index (χ1) is 10.7. The highest BCUT2D eigenvalue weighted by Crippen LogP contribution is 2.20. The standard InChI is InChI=1S/C16H30N4O3/c1-16(2,3)23-15(22)18(4)13-7-10-20(11-13)14(21)19-8-5-12(17)6-9-19/h12-13H,5-11,17H2,1-4H3. The van der Waals surface area contributed by atoms with Gasteiger partial charge in [-0.2, -0.15) is 0 Å².